The van der Waals surface area contributed by atoms with Crippen LogP contribution in [0.15, 0.2) is 11.6 Å². The van der Waals surface area contributed by atoms with Crippen molar-refractivity contribution in [3.8, 4) is 0 Å². The number of rotatable bonds is 5. The van der Waals surface area contributed by atoms with Crippen LogP contribution in [-0.4, -0.2) is 36.0 Å². The molecule has 1 aliphatic heterocycles. The van der Waals surface area contributed by atoms with E-state index < -0.39 is 0 Å². The van der Waals surface area contributed by atoms with Gasteiger partial charge in [0.1, 0.15) is 6.61 Å². The summed E-state index contributed by atoms with van der Waals surface area (Å²) in [5, 5.41) is 9.42. The summed E-state index contributed by atoms with van der Waals surface area (Å²) in [7, 11) is 0. The Morgan fingerprint density at radius 1 is 1.21 bits per heavy atom. The molecule has 4 aliphatic rings. The molecule has 4 rings (SSSR count). The third-order valence-corrected chi connectivity index (χ3v) is 8.99. The van der Waals surface area contributed by atoms with E-state index in [0.717, 1.165) is 51.6 Å². The molecular weight excluding hydrogens is 352 g/mol. The molecule has 2 saturated carbocycles. The highest BCUT2D eigenvalue weighted by Crippen LogP contribution is 2.60. The maximum Gasteiger partial charge on any atom is 0.161 e. The number of carbonyl (C=O) groups excluding carboxylic acids is 2. The molecule has 4 heteroatoms. The average Bonchev–Trinajstić information content (AvgIpc) is 3.18. The highest BCUT2D eigenvalue weighted by atomic mass is 16.5. The van der Waals surface area contributed by atoms with Gasteiger partial charge in [0.2, 0.25) is 0 Å². The zero-order valence-electron chi connectivity index (χ0n) is 17.7. The van der Waals surface area contributed by atoms with Crippen LogP contribution in [0.1, 0.15) is 72.1 Å². The third-order valence-electron chi connectivity index (χ3n) is 8.99. The lowest BCUT2D eigenvalue weighted by atomic mass is 9.57. The van der Waals surface area contributed by atoms with Gasteiger partial charge in [-0.05, 0) is 79.8 Å². The molecule has 7 unspecified atom stereocenters. The molecule has 4 nitrogen and oxygen atoms in total. The normalized spacial score (nSPS) is 45.5. The fourth-order valence-electron chi connectivity index (χ4n) is 7.16. The first-order valence-corrected chi connectivity index (χ1v) is 11.3. The van der Waals surface area contributed by atoms with Crippen LogP contribution in [0.25, 0.3) is 0 Å². The molecule has 0 aromatic rings. The van der Waals surface area contributed by atoms with E-state index in [0.29, 0.717) is 24.2 Å². The molecule has 156 valence electrons. The van der Waals surface area contributed by atoms with Gasteiger partial charge in [0.15, 0.2) is 11.6 Å². The Balaban J connectivity index is 1.47. The van der Waals surface area contributed by atoms with Crippen LogP contribution in [0.3, 0.4) is 0 Å². The largest absolute Gasteiger partial charge is 0.389 e. The SMILES string of the molecule is CC1CCC2(C)C(C(=O)CO)CCC2C1CCC1OCC2(C)CCC(=O)C=C12. The maximum atomic E-state index is 12.3. The number of carbonyl (C=O) groups is 2. The quantitative estimate of drug-likeness (QED) is 0.770. The van der Waals surface area contributed by atoms with Gasteiger partial charge in [-0.25, -0.2) is 0 Å². The smallest absolute Gasteiger partial charge is 0.161 e. The molecule has 0 spiro atoms. The van der Waals surface area contributed by atoms with Crippen molar-refractivity contribution in [2.24, 2.45) is 34.5 Å². The van der Waals surface area contributed by atoms with Gasteiger partial charge < -0.3 is 9.84 Å². The van der Waals surface area contributed by atoms with Gasteiger partial charge in [-0.3, -0.25) is 9.59 Å². The number of Topliss-reactive ketones (excluding diaryl/α,β-unsaturated/α-hetero) is 1. The van der Waals surface area contributed by atoms with Crippen LogP contribution in [0.2, 0.25) is 0 Å². The number of aliphatic hydroxyl groups excluding tert-OH is 1. The number of ether oxygens (including phenoxy) is 1. The Morgan fingerprint density at radius 2 is 2.00 bits per heavy atom. The molecular formula is C24H36O4. The van der Waals surface area contributed by atoms with Crippen molar-refractivity contribution in [1.29, 1.82) is 0 Å². The number of allylic oxidation sites excluding steroid dienone is 1. The standard InChI is InChI=1S/C24H36O4/c1-15-8-11-24(3)18(5-6-19(24)21(27)13-25)17(15)4-7-22-20-12-16(26)9-10-23(20,2)14-28-22/h12,15,17-19,22,25H,4-11,13-14H2,1-3H3. The summed E-state index contributed by atoms with van der Waals surface area (Å²) in [5.74, 6) is 2.15. The Hall–Kier alpha value is -1.00. The number of fused-ring (bicyclic) bond motifs is 2. The van der Waals surface area contributed by atoms with Gasteiger partial charge in [0.25, 0.3) is 0 Å². The third kappa shape index (κ3) is 3.21. The molecule has 1 heterocycles. The van der Waals surface area contributed by atoms with Crippen molar-refractivity contribution in [2.45, 2.75) is 78.2 Å². The van der Waals surface area contributed by atoms with Crippen molar-refractivity contribution < 1.29 is 19.4 Å². The molecule has 28 heavy (non-hydrogen) atoms. The minimum Gasteiger partial charge on any atom is -0.389 e. The van der Waals surface area contributed by atoms with Crippen LogP contribution in [0, 0.1) is 34.5 Å². The lowest BCUT2D eigenvalue weighted by molar-refractivity contribution is -0.131. The van der Waals surface area contributed by atoms with E-state index in [1.54, 1.807) is 0 Å². The van der Waals surface area contributed by atoms with Crippen molar-refractivity contribution in [3.05, 3.63) is 11.6 Å². The highest BCUT2D eigenvalue weighted by molar-refractivity contribution is 5.92. The van der Waals surface area contributed by atoms with E-state index >= 15 is 0 Å². The van der Waals surface area contributed by atoms with E-state index in [1.165, 1.54) is 5.57 Å². The second-order valence-electron chi connectivity index (χ2n) is 10.6. The van der Waals surface area contributed by atoms with Crippen molar-refractivity contribution in [2.75, 3.05) is 13.2 Å². The van der Waals surface area contributed by atoms with Crippen molar-refractivity contribution >= 4 is 11.6 Å². The lowest BCUT2D eigenvalue weighted by Crippen LogP contribution is -2.43. The second-order valence-corrected chi connectivity index (χ2v) is 10.6. The van der Waals surface area contributed by atoms with Crippen molar-refractivity contribution in [1.82, 2.24) is 0 Å². The fraction of sp³-hybridized carbons (Fsp3) is 0.833. The van der Waals surface area contributed by atoms with E-state index in [-0.39, 0.29) is 41.0 Å². The Kier molecular flexibility index (Phi) is 5.33. The summed E-state index contributed by atoms with van der Waals surface area (Å²) in [6.45, 7) is 7.34. The van der Waals surface area contributed by atoms with E-state index in [1.807, 2.05) is 6.08 Å². The first kappa shape index (κ1) is 20.3. The molecule has 0 aromatic carbocycles. The second kappa shape index (κ2) is 7.36. The molecule has 3 fully saturated rings. The summed E-state index contributed by atoms with van der Waals surface area (Å²) in [4.78, 5) is 24.3. The minimum atomic E-state index is -0.316. The zero-order valence-corrected chi connectivity index (χ0v) is 17.7. The number of aliphatic hydroxyl groups is 1. The predicted octanol–water partition coefficient (Wildman–Crippen LogP) is 4.10. The van der Waals surface area contributed by atoms with Crippen LogP contribution >= 0.6 is 0 Å². The molecule has 0 amide bonds. The lowest BCUT2D eigenvalue weighted by Gasteiger charge is -2.48. The van der Waals surface area contributed by atoms with Gasteiger partial charge >= 0.3 is 0 Å². The fourth-order valence-corrected chi connectivity index (χ4v) is 7.16. The molecule has 1 N–H and O–H groups in total. The van der Waals surface area contributed by atoms with E-state index in [4.69, 9.17) is 4.74 Å². The Bertz CT molecular complexity index is 682. The molecule has 3 aliphatic carbocycles. The summed E-state index contributed by atoms with van der Waals surface area (Å²) < 4.78 is 6.18. The van der Waals surface area contributed by atoms with Crippen LogP contribution in [-0.2, 0) is 14.3 Å². The molecule has 0 aromatic heterocycles. The molecule has 0 radical (unpaired) electrons. The topological polar surface area (TPSA) is 63.6 Å². The molecule has 0 bridgehead atoms. The minimum absolute atomic E-state index is 0.0298. The van der Waals surface area contributed by atoms with Gasteiger partial charge in [-0.15, -0.1) is 0 Å². The van der Waals surface area contributed by atoms with Gasteiger partial charge in [0.05, 0.1) is 12.7 Å². The van der Waals surface area contributed by atoms with Gasteiger partial charge in [0, 0.05) is 17.8 Å². The first-order valence-electron chi connectivity index (χ1n) is 11.3. The van der Waals surface area contributed by atoms with Crippen molar-refractivity contribution in [3.63, 3.8) is 0 Å². The summed E-state index contributed by atoms with van der Waals surface area (Å²) >= 11 is 0. The number of ketones is 2. The summed E-state index contributed by atoms with van der Waals surface area (Å²) in [5.41, 5.74) is 1.33. The highest BCUT2D eigenvalue weighted by Gasteiger charge is 2.55. The van der Waals surface area contributed by atoms with E-state index in [2.05, 4.69) is 20.8 Å². The maximum absolute atomic E-state index is 12.3. The van der Waals surface area contributed by atoms with Gasteiger partial charge in [-0.2, -0.15) is 0 Å². The van der Waals surface area contributed by atoms with E-state index in [9.17, 15) is 14.7 Å². The monoisotopic (exact) mass is 388 g/mol. The predicted molar refractivity (Wildman–Crippen MR) is 108 cm³/mol. The van der Waals surface area contributed by atoms with Crippen LogP contribution < -0.4 is 0 Å². The number of hydrogen-bond donors (Lipinski definition) is 1. The average molecular weight is 389 g/mol. The number of hydrogen-bond acceptors (Lipinski definition) is 4. The Labute approximate surface area is 169 Å². The zero-order chi connectivity index (χ0) is 20.1. The first-order chi connectivity index (χ1) is 13.3. The van der Waals surface area contributed by atoms with Crippen LogP contribution in [0.5, 0.6) is 0 Å². The summed E-state index contributed by atoms with van der Waals surface area (Å²) in [6.07, 6.45) is 9.92. The van der Waals surface area contributed by atoms with Crippen LogP contribution in [0.4, 0.5) is 0 Å². The molecule has 7 atom stereocenters. The molecule has 1 saturated heterocycles. The van der Waals surface area contributed by atoms with Gasteiger partial charge in [-0.1, -0.05) is 20.8 Å². The summed E-state index contributed by atoms with van der Waals surface area (Å²) in [6, 6.07) is 0. The Morgan fingerprint density at radius 3 is 2.75 bits per heavy atom.